The zero-order chi connectivity index (χ0) is 14.6. The summed E-state index contributed by atoms with van der Waals surface area (Å²) >= 11 is 0. The van der Waals surface area contributed by atoms with Crippen LogP contribution in [-0.4, -0.2) is 18.2 Å². The second-order valence-electron chi connectivity index (χ2n) is 6.18. The molecule has 1 aromatic rings. The Hall–Kier alpha value is -0.860. The molecule has 0 aliphatic carbocycles. The molecule has 2 heteroatoms. The summed E-state index contributed by atoms with van der Waals surface area (Å²) < 4.78 is 6.05. The van der Waals surface area contributed by atoms with Crippen molar-refractivity contribution in [3.63, 3.8) is 0 Å². The van der Waals surface area contributed by atoms with Crippen molar-refractivity contribution in [2.75, 3.05) is 6.61 Å². The number of ether oxygens (including phenoxy) is 1. The SMILES string of the molecule is CCC1(CC)CC(NCc2c(C)cccc2C)CCO1. The first kappa shape index (κ1) is 15.5. The van der Waals surface area contributed by atoms with E-state index in [2.05, 4.69) is 51.2 Å². The molecule has 0 radical (unpaired) electrons. The fraction of sp³-hybridized carbons (Fsp3) is 0.667. The first-order valence-corrected chi connectivity index (χ1v) is 8.02. The van der Waals surface area contributed by atoms with Crippen molar-refractivity contribution in [2.45, 2.75) is 71.6 Å². The van der Waals surface area contributed by atoms with Gasteiger partial charge in [-0.15, -0.1) is 0 Å². The number of hydrogen-bond acceptors (Lipinski definition) is 2. The Balaban J connectivity index is 1.97. The fourth-order valence-corrected chi connectivity index (χ4v) is 3.32. The summed E-state index contributed by atoms with van der Waals surface area (Å²) in [6.45, 7) is 10.8. The molecule has 1 saturated heterocycles. The minimum absolute atomic E-state index is 0.108. The summed E-state index contributed by atoms with van der Waals surface area (Å²) in [6.07, 6.45) is 4.51. The third-order valence-electron chi connectivity index (χ3n) is 4.99. The monoisotopic (exact) mass is 275 g/mol. The van der Waals surface area contributed by atoms with Crippen molar-refractivity contribution in [1.82, 2.24) is 5.32 Å². The van der Waals surface area contributed by atoms with E-state index in [1.165, 1.54) is 16.7 Å². The summed E-state index contributed by atoms with van der Waals surface area (Å²) in [5.74, 6) is 0. The Morgan fingerprint density at radius 2 is 1.85 bits per heavy atom. The van der Waals surface area contributed by atoms with Gasteiger partial charge in [0.05, 0.1) is 5.60 Å². The van der Waals surface area contributed by atoms with Gasteiger partial charge in [-0.25, -0.2) is 0 Å². The van der Waals surface area contributed by atoms with E-state index >= 15 is 0 Å². The van der Waals surface area contributed by atoms with E-state index < -0.39 is 0 Å². The molecule has 1 N–H and O–H groups in total. The minimum Gasteiger partial charge on any atom is -0.375 e. The summed E-state index contributed by atoms with van der Waals surface area (Å²) in [7, 11) is 0. The van der Waals surface area contributed by atoms with Gasteiger partial charge in [-0.1, -0.05) is 32.0 Å². The van der Waals surface area contributed by atoms with Gasteiger partial charge in [0.1, 0.15) is 0 Å². The van der Waals surface area contributed by atoms with Crippen LogP contribution >= 0.6 is 0 Å². The van der Waals surface area contributed by atoms with Crippen LogP contribution in [0.2, 0.25) is 0 Å². The molecule has 1 heterocycles. The van der Waals surface area contributed by atoms with Gasteiger partial charge >= 0.3 is 0 Å². The molecule has 1 fully saturated rings. The van der Waals surface area contributed by atoms with Crippen LogP contribution in [-0.2, 0) is 11.3 Å². The summed E-state index contributed by atoms with van der Waals surface area (Å²) in [5, 5.41) is 3.76. The number of rotatable bonds is 5. The van der Waals surface area contributed by atoms with Gasteiger partial charge < -0.3 is 10.1 Å². The molecule has 0 spiro atoms. The van der Waals surface area contributed by atoms with Crippen molar-refractivity contribution < 1.29 is 4.74 Å². The predicted molar refractivity (Wildman–Crippen MR) is 85.0 cm³/mol. The van der Waals surface area contributed by atoms with Gasteiger partial charge in [0, 0.05) is 19.2 Å². The molecule has 1 aliphatic rings. The predicted octanol–water partition coefficient (Wildman–Crippen LogP) is 4.13. The molecule has 20 heavy (non-hydrogen) atoms. The number of aryl methyl sites for hydroxylation is 2. The van der Waals surface area contributed by atoms with E-state index in [1.807, 2.05) is 0 Å². The van der Waals surface area contributed by atoms with Gasteiger partial charge in [-0.05, 0) is 56.2 Å². The maximum Gasteiger partial charge on any atom is 0.0692 e. The quantitative estimate of drug-likeness (QED) is 0.872. The van der Waals surface area contributed by atoms with Crippen molar-refractivity contribution in [2.24, 2.45) is 0 Å². The van der Waals surface area contributed by atoms with E-state index in [1.54, 1.807) is 0 Å². The molecule has 0 saturated carbocycles. The number of hydrogen-bond donors (Lipinski definition) is 1. The molecule has 112 valence electrons. The van der Waals surface area contributed by atoms with Crippen molar-refractivity contribution in [3.8, 4) is 0 Å². The van der Waals surface area contributed by atoms with Gasteiger partial charge in [0.15, 0.2) is 0 Å². The van der Waals surface area contributed by atoms with Crippen molar-refractivity contribution >= 4 is 0 Å². The minimum atomic E-state index is 0.108. The van der Waals surface area contributed by atoms with E-state index in [0.717, 1.165) is 38.8 Å². The van der Waals surface area contributed by atoms with Crippen LogP contribution in [0.5, 0.6) is 0 Å². The zero-order valence-corrected chi connectivity index (χ0v) is 13.5. The fourth-order valence-electron chi connectivity index (χ4n) is 3.32. The number of benzene rings is 1. The Labute approximate surface area is 123 Å². The van der Waals surface area contributed by atoms with E-state index in [4.69, 9.17) is 4.74 Å². The van der Waals surface area contributed by atoms with Crippen LogP contribution in [0.3, 0.4) is 0 Å². The third kappa shape index (κ3) is 3.42. The highest BCUT2D eigenvalue weighted by Gasteiger charge is 2.34. The van der Waals surface area contributed by atoms with Gasteiger partial charge in [0.2, 0.25) is 0 Å². The molecule has 2 nitrogen and oxygen atoms in total. The van der Waals surface area contributed by atoms with Crippen molar-refractivity contribution in [3.05, 3.63) is 34.9 Å². The molecule has 1 atom stereocenters. The van der Waals surface area contributed by atoms with E-state index in [0.29, 0.717) is 6.04 Å². The van der Waals surface area contributed by atoms with Crippen LogP contribution in [0.1, 0.15) is 56.2 Å². The zero-order valence-electron chi connectivity index (χ0n) is 13.5. The van der Waals surface area contributed by atoms with E-state index in [-0.39, 0.29) is 5.60 Å². The topological polar surface area (TPSA) is 21.3 Å². The Morgan fingerprint density at radius 1 is 1.20 bits per heavy atom. The molecule has 0 bridgehead atoms. The standard InChI is InChI=1S/C18H29NO/c1-5-18(6-2)12-16(10-11-20-18)19-13-17-14(3)8-7-9-15(17)4/h7-9,16,19H,5-6,10-13H2,1-4H3. The summed E-state index contributed by atoms with van der Waals surface area (Å²) in [6, 6.07) is 7.14. The van der Waals surface area contributed by atoms with Crippen molar-refractivity contribution in [1.29, 1.82) is 0 Å². The molecule has 0 aromatic heterocycles. The smallest absolute Gasteiger partial charge is 0.0692 e. The van der Waals surface area contributed by atoms with Gasteiger partial charge in [-0.3, -0.25) is 0 Å². The van der Waals surface area contributed by atoms with Crippen LogP contribution in [0.15, 0.2) is 18.2 Å². The lowest BCUT2D eigenvalue weighted by Crippen LogP contribution is -2.46. The highest BCUT2D eigenvalue weighted by molar-refractivity contribution is 5.33. The average molecular weight is 275 g/mol. The third-order valence-corrected chi connectivity index (χ3v) is 4.99. The highest BCUT2D eigenvalue weighted by Crippen LogP contribution is 2.31. The molecule has 2 rings (SSSR count). The molecule has 1 aromatic carbocycles. The lowest BCUT2D eigenvalue weighted by molar-refractivity contribution is -0.0932. The normalized spacial score (nSPS) is 21.9. The van der Waals surface area contributed by atoms with Crippen LogP contribution in [0.25, 0.3) is 0 Å². The lowest BCUT2D eigenvalue weighted by Gasteiger charge is -2.40. The molecular weight excluding hydrogens is 246 g/mol. The van der Waals surface area contributed by atoms with Crippen LogP contribution in [0, 0.1) is 13.8 Å². The second-order valence-corrected chi connectivity index (χ2v) is 6.18. The molecule has 0 amide bonds. The molecular formula is C18H29NO. The molecule has 1 unspecified atom stereocenters. The number of nitrogens with one attached hydrogen (secondary N) is 1. The summed E-state index contributed by atoms with van der Waals surface area (Å²) in [4.78, 5) is 0. The van der Waals surface area contributed by atoms with E-state index in [9.17, 15) is 0 Å². The van der Waals surface area contributed by atoms with Gasteiger partial charge in [0.25, 0.3) is 0 Å². The average Bonchev–Trinajstić information content (AvgIpc) is 2.47. The Morgan fingerprint density at radius 3 is 2.45 bits per heavy atom. The molecule has 1 aliphatic heterocycles. The first-order chi connectivity index (χ1) is 9.60. The lowest BCUT2D eigenvalue weighted by atomic mass is 9.86. The second kappa shape index (κ2) is 6.73. The summed E-state index contributed by atoms with van der Waals surface area (Å²) in [5.41, 5.74) is 4.35. The maximum absolute atomic E-state index is 6.05. The largest absolute Gasteiger partial charge is 0.375 e. The van der Waals surface area contributed by atoms with Crippen LogP contribution < -0.4 is 5.32 Å². The highest BCUT2D eigenvalue weighted by atomic mass is 16.5. The first-order valence-electron chi connectivity index (χ1n) is 8.02. The Kier molecular flexibility index (Phi) is 5.22. The Bertz CT molecular complexity index is 417. The van der Waals surface area contributed by atoms with Crippen LogP contribution in [0.4, 0.5) is 0 Å². The van der Waals surface area contributed by atoms with Gasteiger partial charge in [-0.2, -0.15) is 0 Å². The maximum atomic E-state index is 6.05.